The largest absolute Gasteiger partial charge is 0.508 e. The maximum atomic E-state index is 11.6. The normalized spacial score (nSPS) is 12.8. The third-order valence-corrected chi connectivity index (χ3v) is 2.53. The van der Waals surface area contributed by atoms with E-state index in [9.17, 15) is 9.90 Å². The minimum absolute atomic E-state index is 0.154. The van der Waals surface area contributed by atoms with Gasteiger partial charge in [-0.15, -0.1) is 0 Å². The molecular formula is C14H22N2O4. The number of benzene rings is 1. The van der Waals surface area contributed by atoms with Gasteiger partial charge in [0, 0.05) is 12.5 Å². The van der Waals surface area contributed by atoms with Gasteiger partial charge in [0.05, 0.1) is 6.61 Å². The molecule has 0 saturated heterocycles. The lowest BCUT2D eigenvalue weighted by atomic mass is 10.00. The summed E-state index contributed by atoms with van der Waals surface area (Å²) in [6.45, 7) is 5.90. The molecule has 6 nitrogen and oxygen atoms in total. The maximum absolute atomic E-state index is 11.6. The van der Waals surface area contributed by atoms with Crippen LogP contribution in [-0.4, -0.2) is 30.0 Å². The molecule has 0 aromatic heterocycles. The number of hydrogen-bond donors (Lipinski definition) is 3. The van der Waals surface area contributed by atoms with E-state index in [-0.39, 0.29) is 18.3 Å². The Kier molecular flexibility index (Phi) is 5.79. The van der Waals surface area contributed by atoms with E-state index >= 15 is 0 Å². The highest BCUT2D eigenvalue weighted by molar-refractivity contribution is 5.67. The summed E-state index contributed by atoms with van der Waals surface area (Å²) in [4.78, 5) is 16.3. The molecule has 6 heteroatoms. The quantitative estimate of drug-likeness (QED) is 0.717. The Bertz CT molecular complexity index is 443. The zero-order valence-electron chi connectivity index (χ0n) is 12.1. The van der Waals surface area contributed by atoms with Crippen LogP contribution in [0.25, 0.3) is 0 Å². The van der Waals surface area contributed by atoms with Crippen molar-refractivity contribution in [2.24, 2.45) is 5.90 Å². The lowest BCUT2D eigenvalue weighted by molar-refractivity contribution is 0.0512. The molecule has 0 bridgehead atoms. The molecule has 1 rings (SSSR count). The summed E-state index contributed by atoms with van der Waals surface area (Å²) in [5, 5.41) is 12.1. The van der Waals surface area contributed by atoms with Gasteiger partial charge in [-0.05, 0) is 38.5 Å². The molecule has 0 aliphatic carbocycles. The van der Waals surface area contributed by atoms with Gasteiger partial charge in [0.2, 0.25) is 0 Å². The lowest BCUT2D eigenvalue weighted by Gasteiger charge is -2.22. The number of nitrogens with two attached hydrogens (primary N) is 1. The minimum atomic E-state index is -0.547. The fourth-order valence-corrected chi connectivity index (χ4v) is 1.69. The van der Waals surface area contributed by atoms with Crippen molar-refractivity contribution in [1.82, 2.24) is 5.32 Å². The number of rotatable bonds is 5. The molecule has 0 radical (unpaired) electrons. The number of phenols is 1. The number of carbonyl (C=O) groups excluding carboxylic acids is 1. The molecule has 112 valence electrons. The topological polar surface area (TPSA) is 93.8 Å². The van der Waals surface area contributed by atoms with Gasteiger partial charge in [0.1, 0.15) is 11.4 Å². The number of ether oxygens (including phenoxy) is 1. The van der Waals surface area contributed by atoms with Gasteiger partial charge in [-0.3, -0.25) is 0 Å². The number of carbonyl (C=O) groups is 1. The number of aromatic hydroxyl groups is 1. The highest BCUT2D eigenvalue weighted by atomic mass is 16.6. The molecule has 1 amide bonds. The van der Waals surface area contributed by atoms with Crippen molar-refractivity contribution in [3.05, 3.63) is 29.8 Å². The van der Waals surface area contributed by atoms with Crippen molar-refractivity contribution in [2.75, 3.05) is 13.2 Å². The second kappa shape index (κ2) is 7.12. The van der Waals surface area contributed by atoms with Crippen molar-refractivity contribution in [2.45, 2.75) is 32.3 Å². The first-order valence-corrected chi connectivity index (χ1v) is 6.39. The molecule has 0 spiro atoms. The average molecular weight is 282 g/mol. The van der Waals surface area contributed by atoms with Gasteiger partial charge in [-0.1, -0.05) is 12.1 Å². The summed E-state index contributed by atoms with van der Waals surface area (Å²) in [5.74, 6) is 5.09. The van der Waals surface area contributed by atoms with Gasteiger partial charge in [0.25, 0.3) is 0 Å². The van der Waals surface area contributed by atoms with Crippen LogP contribution in [0.2, 0.25) is 0 Å². The Morgan fingerprint density at radius 3 is 2.70 bits per heavy atom. The maximum Gasteiger partial charge on any atom is 0.407 e. The summed E-state index contributed by atoms with van der Waals surface area (Å²) in [5.41, 5.74) is 0.279. The van der Waals surface area contributed by atoms with Gasteiger partial charge in [-0.25, -0.2) is 10.7 Å². The second-order valence-electron chi connectivity index (χ2n) is 5.51. The van der Waals surface area contributed by atoms with Gasteiger partial charge in [-0.2, -0.15) is 0 Å². The summed E-state index contributed by atoms with van der Waals surface area (Å²) in [7, 11) is 0. The van der Waals surface area contributed by atoms with E-state index in [1.807, 2.05) is 6.07 Å². The predicted molar refractivity (Wildman–Crippen MR) is 75.2 cm³/mol. The highest BCUT2D eigenvalue weighted by Gasteiger charge is 2.18. The first kappa shape index (κ1) is 16.3. The van der Waals surface area contributed by atoms with E-state index in [1.54, 1.807) is 39.0 Å². The second-order valence-corrected chi connectivity index (χ2v) is 5.51. The molecule has 4 N–H and O–H groups in total. The van der Waals surface area contributed by atoms with Crippen molar-refractivity contribution in [3.63, 3.8) is 0 Å². The van der Waals surface area contributed by atoms with Crippen molar-refractivity contribution < 1.29 is 19.5 Å². The van der Waals surface area contributed by atoms with Gasteiger partial charge in [0.15, 0.2) is 0 Å². The average Bonchev–Trinajstić information content (AvgIpc) is 2.32. The minimum Gasteiger partial charge on any atom is -0.508 e. The molecule has 0 heterocycles. The smallest absolute Gasteiger partial charge is 0.407 e. The number of hydrogen-bond acceptors (Lipinski definition) is 5. The number of amides is 1. The Morgan fingerprint density at radius 1 is 1.45 bits per heavy atom. The van der Waals surface area contributed by atoms with E-state index in [2.05, 4.69) is 10.2 Å². The van der Waals surface area contributed by atoms with E-state index in [0.29, 0.717) is 6.54 Å². The van der Waals surface area contributed by atoms with Crippen LogP contribution >= 0.6 is 0 Å². The Labute approximate surface area is 118 Å². The Balaban J connectivity index is 2.62. The van der Waals surface area contributed by atoms with Crippen LogP contribution in [-0.2, 0) is 9.57 Å². The molecule has 0 aliphatic heterocycles. The van der Waals surface area contributed by atoms with Crippen molar-refractivity contribution in [1.29, 1.82) is 0 Å². The van der Waals surface area contributed by atoms with E-state index < -0.39 is 11.7 Å². The summed E-state index contributed by atoms with van der Waals surface area (Å²) in [6.07, 6.45) is -0.500. The molecule has 20 heavy (non-hydrogen) atoms. The number of alkyl carbamates (subject to hydrolysis) is 1. The summed E-state index contributed by atoms with van der Waals surface area (Å²) in [6, 6.07) is 6.74. The third-order valence-electron chi connectivity index (χ3n) is 2.53. The Hall–Kier alpha value is -1.79. The van der Waals surface area contributed by atoms with E-state index in [0.717, 1.165) is 5.56 Å². The fraction of sp³-hybridized carbons (Fsp3) is 0.500. The number of nitrogens with one attached hydrogen (secondary N) is 1. The van der Waals surface area contributed by atoms with Crippen molar-refractivity contribution in [3.8, 4) is 5.75 Å². The highest BCUT2D eigenvalue weighted by Crippen LogP contribution is 2.20. The van der Waals surface area contributed by atoms with Crippen LogP contribution in [0.3, 0.4) is 0 Å². The van der Waals surface area contributed by atoms with Gasteiger partial charge < -0.3 is 20.0 Å². The van der Waals surface area contributed by atoms with Crippen molar-refractivity contribution >= 4 is 6.09 Å². The van der Waals surface area contributed by atoms with Crippen LogP contribution in [0, 0.1) is 0 Å². The first-order chi connectivity index (χ1) is 9.31. The molecule has 0 saturated carbocycles. The Morgan fingerprint density at radius 2 is 2.15 bits per heavy atom. The number of phenolic OH excluding ortho intramolecular Hbond substituents is 1. The van der Waals surface area contributed by atoms with E-state index in [1.165, 1.54) is 0 Å². The van der Waals surface area contributed by atoms with Crippen LogP contribution in [0.1, 0.15) is 32.3 Å². The first-order valence-electron chi connectivity index (χ1n) is 6.39. The zero-order valence-corrected chi connectivity index (χ0v) is 12.1. The molecule has 0 fully saturated rings. The monoisotopic (exact) mass is 282 g/mol. The van der Waals surface area contributed by atoms with Crippen LogP contribution in [0.5, 0.6) is 5.75 Å². The molecule has 1 unspecified atom stereocenters. The SMILES string of the molecule is CC(C)(C)OC(=O)NCC(CON)c1cccc(O)c1. The molecular weight excluding hydrogens is 260 g/mol. The van der Waals surface area contributed by atoms with Gasteiger partial charge >= 0.3 is 6.09 Å². The van der Waals surface area contributed by atoms with Crippen LogP contribution < -0.4 is 11.2 Å². The molecule has 1 aromatic carbocycles. The summed E-state index contributed by atoms with van der Waals surface area (Å²) >= 11 is 0. The zero-order chi connectivity index (χ0) is 15.2. The standard InChI is InChI=1S/C14H22N2O4/c1-14(2,3)20-13(18)16-8-11(9-19-15)10-5-4-6-12(17)7-10/h4-7,11,17H,8-9,15H2,1-3H3,(H,16,18). The molecule has 1 atom stereocenters. The van der Waals surface area contributed by atoms with Crippen LogP contribution in [0.15, 0.2) is 24.3 Å². The predicted octanol–water partition coefficient (Wildman–Crippen LogP) is 1.89. The molecule has 0 aliphatic rings. The fourth-order valence-electron chi connectivity index (χ4n) is 1.69. The van der Waals surface area contributed by atoms with Crippen LogP contribution in [0.4, 0.5) is 4.79 Å². The summed E-state index contributed by atoms with van der Waals surface area (Å²) < 4.78 is 5.15. The lowest BCUT2D eigenvalue weighted by Crippen LogP contribution is -2.35. The molecule has 1 aromatic rings. The van der Waals surface area contributed by atoms with E-state index in [4.69, 9.17) is 10.6 Å². The third kappa shape index (κ3) is 5.90.